The fourth-order valence-electron chi connectivity index (χ4n) is 1.72. The zero-order valence-corrected chi connectivity index (χ0v) is 8.79. The Morgan fingerprint density at radius 1 is 1.46 bits per heavy atom. The molecule has 1 heterocycles. The van der Waals surface area contributed by atoms with Crippen molar-refractivity contribution in [3.63, 3.8) is 0 Å². The Hall–Kier alpha value is -0.570. The first-order valence-electron chi connectivity index (χ1n) is 5.05. The molecule has 0 saturated carbocycles. The maximum absolute atomic E-state index is 11.7. The Morgan fingerprint density at radius 2 is 1.92 bits per heavy atom. The molecule has 1 aliphatic heterocycles. The molecule has 1 saturated heterocycles. The Balaban J connectivity index is 2.50. The van der Waals surface area contributed by atoms with Crippen molar-refractivity contribution in [2.24, 2.45) is 23.5 Å². The molecule has 76 valence electrons. The van der Waals surface area contributed by atoms with Crippen LogP contribution in [0.4, 0.5) is 0 Å². The summed E-state index contributed by atoms with van der Waals surface area (Å²) in [7, 11) is 0. The predicted molar refractivity (Wildman–Crippen MR) is 53.1 cm³/mol. The highest BCUT2D eigenvalue weighted by atomic mass is 16.2. The molecule has 3 unspecified atom stereocenters. The van der Waals surface area contributed by atoms with Gasteiger partial charge in [0.05, 0.1) is 0 Å². The molecule has 3 heteroatoms. The number of nitrogens with zero attached hydrogens (tertiary/aromatic N) is 1. The average molecular weight is 184 g/mol. The van der Waals surface area contributed by atoms with E-state index in [1.807, 2.05) is 11.8 Å². The van der Waals surface area contributed by atoms with E-state index in [0.717, 1.165) is 13.1 Å². The molecule has 0 aromatic carbocycles. The van der Waals surface area contributed by atoms with Crippen LogP contribution in [0.2, 0.25) is 0 Å². The predicted octanol–water partition coefficient (Wildman–Crippen LogP) is 0.696. The van der Waals surface area contributed by atoms with Gasteiger partial charge in [0.25, 0.3) is 0 Å². The number of hydrogen-bond acceptors (Lipinski definition) is 2. The highest BCUT2D eigenvalue weighted by Crippen LogP contribution is 2.23. The molecule has 0 aromatic heterocycles. The van der Waals surface area contributed by atoms with Gasteiger partial charge in [0, 0.05) is 25.6 Å². The minimum atomic E-state index is -0.0162. The molecule has 1 rings (SSSR count). The van der Waals surface area contributed by atoms with Crippen LogP contribution in [0.1, 0.15) is 20.8 Å². The van der Waals surface area contributed by atoms with E-state index in [2.05, 4.69) is 13.8 Å². The first-order valence-corrected chi connectivity index (χ1v) is 5.05. The summed E-state index contributed by atoms with van der Waals surface area (Å²) in [6.07, 6.45) is 0. The zero-order valence-electron chi connectivity index (χ0n) is 8.79. The van der Waals surface area contributed by atoms with Crippen molar-refractivity contribution in [2.75, 3.05) is 19.6 Å². The Labute approximate surface area is 80.3 Å². The summed E-state index contributed by atoms with van der Waals surface area (Å²) >= 11 is 0. The van der Waals surface area contributed by atoms with Crippen LogP contribution in [0.5, 0.6) is 0 Å². The quantitative estimate of drug-likeness (QED) is 0.686. The topological polar surface area (TPSA) is 46.3 Å². The van der Waals surface area contributed by atoms with Gasteiger partial charge in [-0.2, -0.15) is 0 Å². The van der Waals surface area contributed by atoms with Crippen LogP contribution in [0.3, 0.4) is 0 Å². The van der Waals surface area contributed by atoms with E-state index >= 15 is 0 Å². The van der Waals surface area contributed by atoms with Crippen LogP contribution >= 0.6 is 0 Å². The Morgan fingerprint density at radius 3 is 2.31 bits per heavy atom. The summed E-state index contributed by atoms with van der Waals surface area (Å²) in [6.45, 7) is 8.57. The van der Waals surface area contributed by atoms with Gasteiger partial charge in [-0.3, -0.25) is 4.79 Å². The van der Waals surface area contributed by atoms with Crippen LogP contribution in [0.25, 0.3) is 0 Å². The second kappa shape index (κ2) is 4.09. The lowest BCUT2D eigenvalue weighted by molar-refractivity contribution is -0.133. The molecule has 3 atom stereocenters. The summed E-state index contributed by atoms with van der Waals surface area (Å²) in [5, 5.41) is 0. The van der Waals surface area contributed by atoms with Crippen molar-refractivity contribution in [1.82, 2.24) is 4.90 Å². The molecular weight excluding hydrogens is 164 g/mol. The minimum Gasteiger partial charge on any atom is -0.342 e. The van der Waals surface area contributed by atoms with Gasteiger partial charge >= 0.3 is 0 Å². The molecule has 0 aromatic rings. The van der Waals surface area contributed by atoms with Gasteiger partial charge < -0.3 is 10.6 Å². The van der Waals surface area contributed by atoms with Crippen LogP contribution in [-0.4, -0.2) is 30.4 Å². The van der Waals surface area contributed by atoms with E-state index in [4.69, 9.17) is 5.73 Å². The fraction of sp³-hybridized carbons (Fsp3) is 0.900. The van der Waals surface area contributed by atoms with Gasteiger partial charge in [0.2, 0.25) is 5.91 Å². The van der Waals surface area contributed by atoms with Gasteiger partial charge in [-0.1, -0.05) is 20.8 Å². The molecule has 3 nitrogen and oxygen atoms in total. The first-order chi connectivity index (χ1) is 6.06. The number of carbonyl (C=O) groups excluding carboxylic acids is 1. The van der Waals surface area contributed by atoms with Crippen molar-refractivity contribution >= 4 is 5.91 Å². The molecule has 1 amide bonds. The number of carbonyl (C=O) groups is 1. The van der Waals surface area contributed by atoms with Gasteiger partial charge in [0.1, 0.15) is 0 Å². The van der Waals surface area contributed by atoms with Crippen molar-refractivity contribution in [1.29, 1.82) is 0 Å². The number of amides is 1. The molecule has 0 spiro atoms. The highest BCUT2D eigenvalue weighted by Gasteiger charge is 2.30. The van der Waals surface area contributed by atoms with Gasteiger partial charge in [-0.05, 0) is 11.8 Å². The molecule has 0 bridgehead atoms. The molecular formula is C10H20N2O. The lowest BCUT2D eigenvalue weighted by atomic mass is 10.0. The average Bonchev–Trinajstić information content (AvgIpc) is 2.44. The van der Waals surface area contributed by atoms with Crippen molar-refractivity contribution in [3.8, 4) is 0 Å². The van der Waals surface area contributed by atoms with Gasteiger partial charge in [-0.25, -0.2) is 0 Å². The number of likely N-dealkylation sites (tertiary alicyclic amines) is 1. The summed E-state index contributed by atoms with van der Waals surface area (Å²) < 4.78 is 0. The molecule has 0 radical (unpaired) electrons. The minimum absolute atomic E-state index is 0.0162. The number of hydrogen-bond donors (Lipinski definition) is 1. The molecule has 1 aliphatic rings. The van der Waals surface area contributed by atoms with Crippen molar-refractivity contribution in [3.05, 3.63) is 0 Å². The van der Waals surface area contributed by atoms with E-state index in [0.29, 0.717) is 18.4 Å². The standard InChI is InChI=1S/C10H20N2O/c1-7(4-11)10(13)12-5-8(2)9(3)6-12/h7-9H,4-6,11H2,1-3H3. The second-order valence-electron chi connectivity index (χ2n) is 4.33. The van der Waals surface area contributed by atoms with E-state index in [9.17, 15) is 4.79 Å². The van der Waals surface area contributed by atoms with Crippen LogP contribution < -0.4 is 5.73 Å². The Kier molecular flexibility index (Phi) is 3.31. The summed E-state index contributed by atoms with van der Waals surface area (Å²) in [5.74, 6) is 1.47. The number of rotatable bonds is 2. The maximum atomic E-state index is 11.7. The van der Waals surface area contributed by atoms with Gasteiger partial charge in [0.15, 0.2) is 0 Å². The lowest BCUT2D eigenvalue weighted by Crippen LogP contribution is -2.36. The molecule has 13 heavy (non-hydrogen) atoms. The second-order valence-corrected chi connectivity index (χ2v) is 4.33. The maximum Gasteiger partial charge on any atom is 0.226 e. The normalized spacial score (nSPS) is 30.6. The smallest absolute Gasteiger partial charge is 0.226 e. The van der Waals surface area contributed by atoms with Crippen LogP contribution in [0, 0.1) is 17.8 Å². The molecule has 0 aliphatic carbocycles. The first kappa shape index (κ1) is 10.5. The van der Waals surface area contributed by atoms with E-state index in [-0.39, 0.29) is 11.8 Å². The third-order valence-electron chi connectivity index (χ3n) is 3.07. The fourth-order valence-corrected chi connectivity index (χ4v) is 1.72. The third kappa shape index (κ3) is 2.21. The summed E-state index contributed by atoms with van der Waals surface area (Å²) in [5.41, 5.74) is 5.46. The highest BCUT2D eigenvalue weighted by molar-refractivity contribution is 5.79. The summed E-state index contributed by atoms with van der Waals surface area (Å²) in [4.78, 5) is 13.7. The van der Waals surface area contributed by atoms with E-state index < -0.39 is 0 Å². The summed E-state index contributed by atoms with van der Waals surface area (Å²) in [6, 6.07) is 0. The zero-order chi connectivity index (χ0) is 10.0. The van der Waals surface area contributed by atoms with Crippen molar-refractivity contribution < 1.29 is 4.79 Å². The molecule has 2 N–H and O–H groups in total. The van der Waals surface area contributed by atoms with Crippen molar-refractivity contribution in [2.45, 2.75) is 20.8 Å². The monoisotopic (exact) mass is 184 g/mol. The van der Waals surface area contributed by atoms with Crippen LogP contribution in [0.15, 0.2) is 0 Å². The van der Waals surface area contributed by atoms with Gasteiger partial charge in [-0.15, -0.1) is 0 Å². The largest absolute Gasteiger partial charge is 0.342 e. The molecule has 1 fully saturated rings. The van der Waals surface area contributed by atoms with E-state index in [1.54, 1.807) is 0 Å². The lowest BCUT2D eigenvalue weighted by Gasteiger charge is -2.19. The Bertz CT molecular complexity index is 183. The van der Waals surface area contributed by atoms with Crippen LogP contribution in [-0.2, 0) is 4.79 Å². The number of nitrogens with two attached hydrogens (primary N) is 1. The third-order valence-corrected chi connectivity index (χ3v) is 3.07. The SMILES string of the molecule is CC(CN)C(=O)N1CC(C)C(C)C1. The van der Waals surface area contributed by atoms with E-state index in [1.165, 1.54) is 0 Å².